The van der Waals surface area contributed by atoms with Crippen molar-refractivity contribution in [3.63, 3.8) is 0 Å². The van der Waals surface area contributed by atoms with Crippen LogP contribution in [0.15, 0.2) is 0 Å². The molecule has 2 rings (SSSR count). The second-order valence-corrected chi connectivity index (χ2v) is 6.85. The lowest BCUT2D eigenvalue weighted by atomic mass is 9.90. The van der Waals surface area contributed by atoms with Crippen LogP contribution in [-0.4, -0.2) is 48.2 Å². The molecule has 3 unspecified atom stereocenters. The molecule has 1 N–H and O–H groups in total. The van der Waals surface area contributed by atoms with E-state index >= 15 is 0 Å². The lowest BCUT2D eigenvalue weighted by molar-refractivity contribution is -0.158. The molecule has 0 saturated carbocycles. The van der Waals surface area contributed by atoms with E-state index in [-0.39, 0.29) is 17.6 Å². The van der Waals surface area contributed by atoms with Crippen molar-refractivity contribution in [1.29, 1.82) is 0 Å². The quantitative estimate of drug-likeness (QED) is 0.830. The third-order valence-electron chi connectivity index (χ3n) is 4.25. The van der Waals surface area contributed by atoms with Gasteiger partial charge in [0, 0.05) is 25.6 Å². The molecule has 110 valence electrons. The van der Waals surface area contributed by atoms with Gasteiger partial charge in [-0.1, -0.05) is 6.92 Å². The maximum absolute atomic E-state index is 12.5. The summed E-state index contributed by atoms with van der Waals surface area (Å²) in [4.78, 5) is 14.5. The van der Waals surface area contributed by atoms with E-state index in [0.29, 0.717) is 24.9 Å². The Bertz CT molecular complexity index is 330. The molecule has 2 heterocycles. The molecule has 0 aromatic heterocycles. The van der Waals surface area contributed by atoms with Crippen molar-refractivity contribution in [2.24, 2.45) is 5.92 Å². The number of piperidine rings is 1. The van der Waals surface area contributed by atoms with E-state index in [0.717, 1.165) is 13.1 Å². The first-order valence-electron chi connectivity index (χ1n) is 7.56. The van der Waals surface area contributed by atoms with Gasteiger partial charge in [-0.25, -0.2) is 0 Å². The van der Waals surface area contributed by atoms with Crippen LogP contribution >= 0.6 is 0 Å². The number of amides is 1. The maximum Gasteiger partial charge on any atom is 0.224 e. The number of hydrogen-bond acceptors (Lipinski definition) is 3. The van der Waals surface area contributed by atoms with Crippen LogP contribution in [-0.2, 0) is 9.53 Å². The highest BCUT2D eigenvalue weighted by Crippen LogP contribution is 2.23. The highest BCUT2D eigenvalue weighted by Gasteiger charge is 2.35. The Labute approximate surface area is 116 Å². The number of nitrogens with one attached hydrogen (secondary N) is 1. The summed E-state index contributed by atoms with van der Waals surface area (Å²) in [6, 6.07) is 0.350. The molecule has 2 fully saturated rings. The van der Waals surface area contributed by atoms with E-state index < -0.39 is 0 Å². The number of carbonyl (C=O) groups is 1. The molecule has 0 bridgehead atoms. The molecule has 0 aliphatic carbocycles. The van der Waals surface area contributed by atoms with Gasteiger partial charge >= 0.3 is 0 Å². The third-order valence-corrected chi connectivity index (χ3v) is 4.25. The van der Waals surface area contributed by atoms with Crippen LogP contribution in [0, 0.1) is 5.92 Å². The first-order valence-corrected chi connectivity index (χ1v) is 7.56. The molecule has 0 radical (unpaired) electrons. The van der Waals surface area contributed by atoms with E-state index in [2.05, 4.69) is 26.1 Å². The molecule has 19 heavy (non-hydrogen) atoms. The predicted molar refractivity (Wildman–Crippen MR) is 76.0 cm³/mol. The average molecular weight is 268 g/mol. The standard InChI is InChI=1S/C15H28N2O2/c1-11-6-5-7-16-13(11)8-14(18)17-9-12(2)19-15(3,4)10-17/h11-13,16H,5-10H2,1-4H3. The summed E-state index contributed by atoms with van der Waals surface area (Å²) in [6.07, 6.45) is 3.22. The monoisotopic (exact) mass is 268 g/mol. The molecule has 0 spiro atoms. The number of ether oxygens (including phenoxy) is 1. The molecule has 4 heteroatoms. The minimum Gasteiger partial charge on any atom is -0.369 e. The number of morpholine rings is 1. The minimum absolute atomic E-state index is 0.129. The van der Waals surface area contributed by atoms with Crippen LogP contribution in [0.2, 0.25) is 0 Å². The van der Waals surface area contributed by atoms with E-state index in [1.807, 2.05) is 11.8 Å². The molecule has 0 aromatic carbocycles. The zero-order chi connectivity index (χ0) is 14.0. The average Bonchev–Trinajstić information content (AvgIpc) is 2.29. The van der Waals surface area contributed by atoms with Crippen molar-refractivity contribution in [3.8, 4) is 0 Å². The third kappa shape index (κ3) is 3.93. The van der Waals surface area contributed by atoms with Crippen molar-refractivity contribution >= 4 is 5.91 Å². The van der Waals surface area contributed by atoms with Crippen LogP contribution in [0.25, 0.3) is 0 Å². The molecule has 0 aromatic rings. The van der Waals surface area contributed by atoms with E-state index in [1.54, 1.807) is 0 Å². The Hall–Kier alpha value is -0.610. The highest BCUT2D eigenvalue weighted by atomic mass is 16.5. The number of hydrogen-bond donors (Lipinski definition) is 1. The van der Waals surface area contributed by atoms with Crippen molar-refractivity contribution in [3.05, 3.63) is 0 Å². The van der Waals surface area contributed by atoms with E-state index in [4.69, 9.17) is 4.74 Å². The predicted octanol–water partition coefficient (Wildman–Crippen LogP) is 1.79. The van der Waals surface area contributed by atoms with Crippen molar-refractivity contribution in [2.45, 2.75) is 64.7 Å². The Morgan fingerprint density at radius 3 is 2.79 bits per heavy atom. The van der Waals surface area contributed by atoms with E-state index in [1.165, 1.54) is 12.8 Å². The van der Waals surface area contributed by atoms with Gasteiger partial charge in [0.2, 0.25) is 5.91 Å². The Balaban J connectivity index is 1.91. The molecular formula is C15H28N2O2. The fourth-order valence-electron chi connectivity index (χ4n) is 3.35. The molecule has 2 aliphatic rings. The summed E-state index contributed by atoms with van der Waals surface area (Å²) < 4.78 is 5.86. The molecule has 2 aliphatic heterocycles. The van der Waals surface area contributed by atoms with Gasteiger partial charge in [0.05, 0.1) is 11.7 Å². The van der Waals surface area contributed by atoms with Crippen molar-refractivity contribution < 1.29 is 9.53 Å². The van der Waals surface area contributed by atoms with Gasteiger partial charge < -0.3 is 15.0 Å². The van der Waals surface area contributed by atoms with Crippen LogP contribution in [0.1, 0.15) is 47.0 Å². The van der Waals surface area contributed by atoms with Gasteiger partial charge in [-0.3, -0.25) is 4.79 Å². The van der Waals surface area contributed by atoms with Gasteiger partial charge in [-0.2, -0.15) is 0 Å². The number of rotatable bonds is 2. The summed E-state index contributed by atoms with van der Waals surface area (Å²) >= 11 is 0. The topological polar surface area (TPSA) is 41.6 Å². The van der Waals surface area contributed by atoms with Crippen molar-refractivity contribution in [2.75, 3.05) is 19.6 Å². The van der Waals surface area contributed by atoms with Gasteiger partial charge in [0.25, 0.3) is 0 Å². The zero-order valence-electron chi connectivity index (χ0n) is 12.7. The van der Waals surface area contributed by atoms with Gasteiger partial charge in [0.1, 0.15) is 0 Å². The molecule has 4 nitrogen and oxygen atoms in total. The lowest BCUT2D eigenvalue weighted by Gasteiger charge is -2.42. The smallest absolute Gasteiger partial charge is 0.224 e. The molecule has 2 saturated heterocycles. The Morgan fingerprint density at radius 2 is 2.16 bits per heavy atom. The second-order valence-electron chi connectivity index (χ2n) is 6.85. The fraction of sp³-hybridized carbons (Fsp3) is 0.933. The summed E-state index contributed by atoms with van der Waals surface area (Å²) in [5, 5.41) is 3.49. The van der Waals surface area contributed by atoms with Crippen LogP contribution in [0.5, 0.6) is 0 Å². The second kappa shape index (κ2) is 5.80. The first kappa shape index (κ1) is 14.8. The van der Waals surface area contributed by atoms with Gasteiger partial charge in [-0.15, -0.1) is 0 Å². The summed E-state index contributed by atoms with van der Waals surface area (Å²) in [6.45, 7) is 10.9. The molecule has 3 atom stereocenters. The summed E-state index contributed by atoms with van der Waals surface area (Å²) in [5.74, 6) is 0.874. The first-order chi connectivity index (χ1) is 8.87. The SMILES string of the molecule is CC1CN(C(=O)CC2NCCCC2C)CC(C)(C)O1. The highest BCUT2D eigenvalue weighted by molar-refractivity contribution is 5.77. The fourth-order valence-corrected chi connectivity index (χ4v) is 3.35. The number of carbonyl (C=O) groups excluding carboxylic acids is 1. The van der Waals surface area contributed by atoms with Crippen LogP contribution < -0.4 is 5.32 Å². The Kier molecular flexibility index (Phi) is 4.51. The van der Waals surface area contributed by atoms with Gasteiger partial charge in [0.15, 0.2) is 0 Å². The number of nitrogens with zero attached hydrogens (tertiary/aromatic N) is 1. The van der Waals surface area contributed by atoms with Crippen molar-refractivity contribution in [1.82, 2.24) is 10.2 Å². The Morgan fingerprint density at radius 1 is 1.42 bits per heavy atom. The molecule has 1 amide bonds. The minimum atomic E-state index is -0.223. The summed E-state index contributed by atoms with van der Waals surface area (Å²) in [5.41, 5.74) is -0.223. The van der Waals surface area contributed by atoms with E-state index in [9.17, 15) is 4.79 Å². The molecular weight excluding hydrogens is 240 g/mol. The van der Waals surface area contributed by atoms with Gasteiger partial charge in [-0.05, 0) is 46.1 Å². The maximum atomic E-state index is 12.5. The largest absolute Gasteiger partial charge is 0.369 e. The summed E-state index contributed by atoms with van der Waals surface area (Å²) in [7, 11) is 0. The lowest BCUT2D eigenvalue weighted by Crippen LogP contribution is -2.55. The normalized spacial score (nSPS) is 35.2. The van der Waals surface area contributed by atoms with Crippen LogP contribution in [0.4, 0.5) is 0 Å². The zero-order valence-corrected chi connectivity index (χ0v) is 12.7. The van der Waals surface area contributed by atoms with Crippen LogP contribution in [0.3, 0.4) is 0 Å².